The highest BCUT2D eigenvalue weighted by atomic mass is 15.2. The number of nitrogens with zero attached hydrogens (tertiary/aromatic N) is 1. The van der Waals surface area contributed by atoms with E-state index in [2.05, 4.69) is 66.4 Å². The molecule has 104 valence electrons. The molecule has 1 heterocycles. The quantitative estimate of drug-likeness (QED) is 0.785. The first-order chi connectivity index (χ1) is 9.86. The van der Waals surface area contributed by atoms with Gasteiger partial charge in [0.15, 0.2) is 0 Å². The predicted molar refractivity (Wildman–Crippen MR) is 84.9 cm³/mol. The first-order valence-corrected chi connectivity index (χ1v) is 7.71. The fourth-order valence-electron chi connectivity index (χ4n) is 3.29. The zero-order valence-corrected chi connectivity index (χ0v) is 12.3. The molecular formula is C19H23N. The van der Waals surface area contributed by atoms with Gasteiger partial charge < -0.3 is 0 Å². The Morgan fingerprint density at radius 3 is 2.15 bits per heavy atom. The molecule has 1 atom stereocenters. The van der Waals surface area contributed by atoms with Gasteiger partial charge in [-0.1, -0.05) is 61.0 Å². The summed E-state index contributed by atoms with van der Waals surface area (Å²) in [4.78, 5) is 2.65. The maximum Gasteiger partial charge on any atom is 0.0604 e. The van der Waals surface area contributed by atoms with Crippen LogP contribution in [0.1, 0.15) is 42.0 Å². The third-order valence-electron chi connectivity index (χ3n) is 4.35. The summed E-state index contributed by atoms with van der Waals surface area (Å²) < 4.78 is 0. The summed E-state index contributed by atoms with van der Waals surface area (Å²) >= 11 is 0. The Labute approximate surface area is 122 Å². The van der Waals surface area contributed by atoms with Gasteiger partial charge in [-0.15, -0.1) is 0 Å². The zero-order valence-electron chi connectivity index (χ0n) is 12.3. The van der Waals surface area contributed by atoms with E-state index >= 15 is 0 Å². The van der Waals surface area contributed by atoms with Crippen molar-refractivity contribution in [3.05, 3.63) is 71.3 Å². The van der Waals surface area contributed by atoms with Crippen molar-refractivity contribution >= 4 is 0 Å². The number of likely N-dealkylation sites (tertiary alicyclic amines) is 1. The van der Waals surface area contributed by atoms with Crippen molar-refractivity contribution in [3.8, 4) is 0 Å². The highest BCUT2D eigenvalue weighted by Gasteiger charge is 2.24. The summed E-state index contributed by atoms with van der Waals surface area (Å²) in [6.45, 7) is 4.66. The van der Waals surface area contributed by atoms with Crippen LogP contribution < -0.4 is 0 Å². The minimum absolute atomic E-state index is 0.415. The Morgan fingerprint density at radius 1 is 0.800 bits per heavy atom. The fourth-order valence-corrected chi connectivity index (χ4v) is 3.29. The van der Waals surface area contributed by atoms with Crippen molar-refractivity contribution < 1.29 is 0 Å². The van der Waals surface area contributed by atoms with Gasteiger partial charge in [-0.3, -0.25) is 4.90 Å². The standard InChI is InChI=1S/C19H23N/c1-16-10-6-7-13-18(16)19(17-11-4-2-5-12-17)20-14-8-3-9-15-20/h2,4-7,10-13,19H,3,8-9,14-15H2,1H3/t19-/m1/s1. The second-order valence-electron chi connectivity index (χ2n) is 5.77. The largest absolute Gasteiger partial charge is 0.292 e. The van der Waals surface area contributed by atoms with Crippen LogP contribution in [0.3, 0.4) is 0 Å². The molecule has 0 aromatic heterocycles. The molecule has 0 spiro atoms. The Bertz CT molecular complexity index is 541. The summed E-state index contributed by atoms with van der Waals surface area (Å²) in [5, 5.41) is 0. The summed E-state index contributed by atoms with van der Waals surface area (Å²) in [6, 6.07) is 20.2. The maximum absolute atomic E-state index is 2.65. The molecule has 0 saturated carbocycles. The van der Waals surface area contributed by atoms with Gasteiger partial charge in [-0.05, 0) is 49.5 Å². The molecule has 1 aliphatic rings. The van der Waals surface area contributed by atoms with Gasteiger partial charge in [0.05, 0.1) is 6.04 Å². The van der Waals surface area contributed by atoms with Crippen LogP contribution in [0, 0.1) is 6.92 Å². The van der Waals surface area contributed by atoms with Gasteiger partial charge in [0.1, 0.15) is 0 Å². The predicted octanol–water partition coefficient (Wildman–Crippen LogP) is 4.57. The number of rotatable bonds is 3. The van der Waals surface area contributed by atoms with Crippen molar-refractivity contribution in [2.45, 2.75) is 32.2 Å². The number of hydrogen-bond donors (Lipinski definition) is 0. The van der Waals surface area contributed by atoms with Gasteiger partial charge in [0, 0.05) is 0 Å². The van der Waals surface area contributed by atoms with Gasteiger partial charge in [-0.2, -0.15) is 0 Å². The molecule has 3 rings (SSSR count). The SMILES string of the molecule is Cc1ccccc1[C@@H](c1ccccc1)N1CCCCC1. The van der Waals surface area contributed by atoms with Crippen LogP contribution in [-0.4, -0.2) is 18.0 Å². The van der Waals surface area contributed by atoms with Crippen LogP contribution in [0.2, 0.25) is 0 Å². The Hall–Kier alpha value is -1.60. The lowest BCUT2D eigenvalue weighted by Crippen LogP contribution is -2.34. The van der Waals surface area contributed by atoms with E-state index in [0.29, 0.717) is 6.04 Å². The number of benzene rings is 2. The first kappa shape index (κ1) is 13.4. The first-order valence-electron chi connectivity index (χ1n) is 7.71. The molecule has 20 heavy (non-hydrogen) atoms. The topological polar surface area (TPSA) is 3.24 Å². The van der Waals surface area contributed by atoms with E-state index in [9.17, 15) is 0 Å². The van der Waals surface area contributed by atoms with Crippen LogP contribution in [0.4, 0.5) is 0 Å². The maximum atomic E-state index is 2.65. The van der Waals surface area contributed by atoms with E-state index in [1.165, 1.54) is 49.0 Å². The molecule has 1 aliphatic heterocycles. The second-order valence-corrected chi connectivity index (χ2v) is 5.77. The molecule has 2 aromatic rings. The minimum atomic E-state index is 0.415. The molecule has 0 amide bonds. The van der Waals surface area contributed by atoms with Crippen LogP contribution >= 0.6 is 0 Å². The van der Waals surface area contributed by atoms with E-state index in [1.54, 1.807) is 0 Å². The lowest BCUT2D eigenvalue weighted by atomic mass is 9.92. The van der Waals surface area contributed by atoms with Crippen LogP contribution in [0.15, 0.2) is 54.6 Å². The highest BCUT2D eigenvalue weighted by Crippen LogP contribution is 2.32. The van der Waals surface area contributed by atoms with Gasteiger partial charge in [-0.25, -0.2) is 0 Å². The molecule has 1 nitrogen and oxygen atoms in total. The van der Waals surface area contributed by atoms with Crippen LogP contribution in [0.25, 0.3) is 0 Å². The van der Waals surface area contributed by atoms with Gasteiger partial charge in [0.25, 0.3) is 0 Å². The summed E-state index contributed by atoms with van der Waals surface area (Å²) in [6.07, 6.45) is 4.04. The number of aryl methyl sites for hydroxylation is 1. The third-order valence-corrected chi connectivity index (χ3v) is 4.35. The van der Waals surface area contributed by atoms with E-state index in [0.717, 1.165) is 0 Å². The van der Waals surface area contributed by atoms with E-state index in [1.807, 2.05) is 0 Å². The van der Waals surface area contributed by atoms with E-state index < -0.39 is 0 Å². The average Bonchev–Trinajstić information content (AvgIpc) is 2.52. The second kappa shape index (κ2) is 6.23. The molecule has 2 aromatic carbocycles. The Balaban J connectivity index is 2.01. The van der Waals surface area contributed by atoms with Crippen molar-refractivity contribution in [2.75, 3.05) is 13.1 Å². The van der Waals surface area contributed by atoms with Crippen molar-refractivity contribution in [1.82, 2.24) is 4.90 Å². The van der Waals surface area contributed by atoms with Gasteiger partial charge >= 0.3 is 0 Å². The van der Waals surface area contributed by atoms with Crippen LogP contribution in [0.5, 0.6) is 0 Å². The molecule has 1 fully saturated rings. The molecule has 0 N–H and O–H groups in total. The smallest absolute Gasteiger partial charge is 0.0604 e. The molecule has 0 radical (unpaired) electrons. The Morgan fingerprint density at radius 2 is 1.45 bits per heavy atom. The van der Waals surface area contributed by atoms with Crippen molar-refractivity contribution in [1.29, 1.82) is 0 Å². The average molecular weight is 265 g/mol. The molecular weight excluding hydrogens is 242 g/mol. The molecule has 0 bridgehead atoms. The monoisotopic (exact) mass is 265 g/mol. The fraction of sp³-hybridized carbons (Fsp3) is 0.368. The molecule has 0 aliphatic carbocycles. The van der Waals surface area contributed by atoms with Crippen molar-refractivity contribution in [3.63, 3.8) is 0 Å². The molecule has 0 unspecified atom stereocenters. The lowest BCUT2D eigenvalue weighted by molar-refractivity contribution is 0.187. The number of piperidine rings is 1. The minimum Gasteiger partial charge on any atom is -0.292 e. The molecule has 1 heteroatoms. The van der Waals surface area contributed by atoms with E-state index in [4.69, 9.17) is 0 Å². The Kier molecular flexibility index (Phi) is 4.17. The summed E-state index contributed by atoms with van der Waals surface area (Å²) in [5.41, 5.74) is 4.27. The normalized spacial score (nSPS) is 17.9. The van der Waals surface area contributed by atoms with Gasteiger partial charge in [0.2, 0.25) is 0 Å². The number of hydrogen-bond acceptors (Lipinski definition) is 1. The summed E-state index contributed by atoms with van der Waals surface area (Å²) in [7, 11) is 0. The highest BCUT2D eigenvalue weighted by molar-refractivity contribution is 5.36. The zero-order chi connectivity index (χ0) is 13.8. The molecule has 1 saturated heterocycles. The van der Waals surface area contributed by atoms with Crippen molar-refractivity contribution in [2.24, 2.45) is 0 Å². The van der Waals surface area contributed by atoms with E-state index in [-0.39, 0.29) is 0 Å². The summed E-state index contributed by atoms with van der Waals surface area (Å²) in [5.74, 6) is 0. The lowest BCUT2D eigenvalue weighted by Gasteiger charge is -2.36. The van der Waals surface area contributed by atoms with Crippen LogP contribution in [-0.2, 0) is 0 Å². The third kappa shape index (κ3) is 2.78.